The average Bonchev–Trinajstić information content (AvgIpc) is 3.27. The fourth-order valence-corrected chi connectivity index (χ4v) is 4.04. The van der Waals surface area contributed by atoms with E-state index in [0.717, 1.165) is 10.9 Å². The van der Waals surface area contributed by atoms with E-state index in [2.05, 4.69) is 20.4 Å². The highest BCUT2D eigenvalue weighted by Crippen LogP contribution is 2.32. The summed E-state index contributed by atoms with van der Waals surface area (Å²) in [5, 5.41) is 8.14. The maximum absolute atomic E-state index is 12.8. The van der Waals surface area contributed by atoms with E-state index < -0.39 is 18.5 Å². The molecule has 0 fully saturated rings. The highest BCUT2D eigenvalue weighted by atomic mass is 19.4. The summed E-state index contributed by atoms with van der Waals surface area (Å²) in [6, 6.07) is 15.6. The van der Waals surface area contributed by atoms with Crippen LogP contribution in [0.4, 0.5) is 18.9 Å². The van der Waals surface area contributed by atoms with E-state index in [1.165, 1.54) is 10.6 Å². The number of nitrogens with two attached hydrogens (primary N) is 1. The van der Waals surface area contributed by atoms with E-state index in [4.69, 9.17) is 10.5 Å². The van der Waals surface area contributed by atoms with E-state index in [-0.39, 0.29) is 12.4 Å². The summed E-state index contributed by atoms with van der Waals surface area (Å²) in [4.78, 5) is 20.4. The number of benzene rings is 2. The molecule has 37 heavy (non-hydrogen) atoms. The zero-order chi connectivity index (χ0) is 26.2. The number of carbonyl (C=O) groups excluding carboxylic acids is 1. The lowest BCUT2D eigenvalue weighted by Crippen LogP contribution is -2.15. The molecule has 0 saturated heterocycles. The summed E-state index contributed by atoms with van der Waals surface area (Å²) in [6.07, 6.45) is -2.11. The molecule has 5 aromatic rings. The lowest BCUT2D eigenvalue weighted by Gasteiger charge is -2.13. The molecule has 8 nitrogen and oxygen atoms in total. The Bertz CT molecular complexity index is 1630. The van der Waals surface area contributed by atoms with Gasteiger partial charge in [0.25, 0.3) is 0 Å². The standard InChI is InChI=1S/C26H21F3N6O2/c1-15-12-16(7-8-17(15)24(30)36)21-14-33-25-20(32-11-9-26(27,28)29)13-23(34-35(21)25)37-22-6-2-5-19-18(22)4-3-10-31-19/h2-8,10,12-14,32H,9,11H2,1H3,(H2,30,36). The number of fused-ring (bicyclic) bond motifs is 2. The number of primary amides is 1. The minimum Gasteiger partial charge on any atom is -0.437 e. The van der Waals surface area contributed by atoms with Crippen molar-refractivity contribution in [3.8, 4) is 22.9 Å². The lowest BCUT2D eigenvalue weighted by atomic mass is 10.0. The van der Waals surface area contributed by atoms with E-state index >= 15 is 0 Å². The van der Waals surface area contributed by atoms with Gasteiger partial charge in [0.15, 0.2) is 5.65 Å². The first-order valence-electron chi connectivity index (χ1n) is 11.3. The fourth-order valence-electron chi connectivity index (χ4n) is 4.04. The van der Waals surface area contributed by atoms with Gasteiger partial charge in [-0.05, 0) is 48.9 Å². The Balaban J connectivity index is 1.60. The van der Waals surface area contributed by atoms with Gasteiger partial charge in [0, 0.05) is 35.3 Å². The molecule has 0 unspecified atom stereocenters. The molecule has 0 aliphatic heterocycles. The van der Waals surface area contributed by atoms with Crippen molar-refractivity contribution in [1.29, 1.82) is 0 Å². The number of halogens is 3. The Morgan fingerprint density at radius 2 is 1.95 bits per heavy atom. The summed E-state index contributed by atoms with van der Waals surface area (Å²) in [7, 11) is 0. The van der Waals surface area contributed by atoms with E-state index in [1.54, 1.807) is 55.7 Å². The molecule has 0 bridgehead atoms. The third-order valence-electron chi connectivity index (χ3n) is 5.78. The number of ether oxygens (including phenoxy) is 1. The maximum atomic E-state index is 12.8. The Hall–Kier alpha value is -4.67. The van der Waals surface area contributed by atoms with E-state index in [9.17, 15) is 18.0 Å². The van der Waals surface area contributed by atoms with Crippen molar-refractivity contribution in [3.05, 3.63) is 78.1 Å². The van der Waals surface area contributed by atoms with Crippen LogP contribution in [0, 0.1) is 6.92 Å². The number of rotatable bonds is 7. The van der Waals surface area contributed by atoms with Crippen molar-refractivity contribution in [2.75, 3.05) is 11.9 Å². The molecule has 2 aromatic carbocycles. The molecule has 0 saturated carbocycles. The average molecular weight is 506 g/mol. The molecule has 3 heterocycles. The van der Waals surface area contributed by atoms with Gasteiger partial charge in [-0.1, -0.05) is 12.1 Å². The highest BCUT2D eigenvalue weighted by molar-refractivity contribution is 5.95. The van der Waals surface area contributed by atoms with Gasteiger partial charge < -0.3 is 15.8 Å². The van der Waals surface area contributed by atoms with Gasteiger partial charge in [-0.25, -0.2) is 9.50 Å². The maximum Gasteiger partial charge on any atom is 0.390 e. The molecule has 11 heteroatoms. The van der Waals surface area contributed by atoms with Crippen LogP contribution in [-0.4, -0.2) is 38.2 Å². The zero-order valence-electron chi connectivity index (χ0n) is 19.6. The predicted molar refractivity (Wildman–Crippen MR) is 133 cm³/mol. The van der Waals surface area contributed by atoms with E-state index in [1.807, 2.05) is 12.1 Å². The second kappa shape index (κ2) is 9.41. The third kappa shape index (κ3) is 5.01. The zero-order valence-corrected chi connectivity index (χ0v) is 19.6. The molecule has 3 N–H and O–H groups in total. The Kier molecular flexibility index (Phi) is 6.12. The van der Waals surface area contributed by atoms with Crippen LogP contribution < -0.4 is 15.8 Å². The van der Waals surface area contributed by atoms with Crippen LogP contribution in [0.5, 0.6) is 11.6 Å². The number of pyridine rings is 1. The number of hydrogen-bond donors (Lipinski definition) is 2. The van der Waals surface area contributed by atoms with Gasteiger partial charge >= 0.3 is 6.18 Å². The van der Waals surface area contributed by atoms with Crippen molar-refractivity contribution in [3.63, 3.8) is 0 Å². The number of amides is 1. The Labute approximate surface area is 208 Å². The van der Waals surface area contributed by atoms with Gasteiger partial charge in [-0.15, -0.1) is 5.10 Å². The summed E-state index contributed by atoms with van der Waals surface area (Å²) >= 11 is 0. The molecule has 0 aliphatic carbocycles. The predicted octanol–water partition coefficient (Wildman–Crippen LogP) is 5.51. The number of alkyl halides is 3. The van der Waals surface area contributed by atoms with Crippen LogP contribution >= 0.6 is 0 Å². The van der Waals surface area contributed by atoms with Crippen molar-refractivity contribution in [2.45, 2.75) is 19.5 Å². The normalized spacial score (nSPS) is 11.7. The highest BCUT2D eigenvalue weighted by Gasteiger charge is 2.26. The van der Waals surface area contributed by atoms with Crippen LogP contribution in [0.2, 0.25) is 0 Å². The summed E-state index contributed by atoms with van der Waals surface area (Å²) in [5.41, 5.74) is 9.08. The molecule has 0 radical (unpaired) electrons. The van der Waals surface area contributed by atoms with E-state index in [0.29, 0.717) is 39.5 Å². The van der Waals surface area contributed by atoms with Crippen molar-refractivity contribution in [2.24, 2.45) is 5.73 Å². The smallest absolute Gasteiger partial charge is 0.390 e. The number of hydrogen-bond acceptors (Lipinski definition) is 6. The lowest BCUT2D eigenvalue weighted by molar-refractivity contribution is -0.131. The molecule has 5 rings (SSSR count). The van der Waals surface area contributed by atoms with Gasteiger partial charge in [0.1, 0.15) is 5.75 Å². The minimum absolute atomic E-state index is 0.142. The molecule has 0 spiro atoms. The third-order valence-corrected chi connectivity index (χ3v) is 5.78. The summed E-state index contributed by atoms with van der Waals surface area (Å²) in [6.45, 7) is 1.41. The van der Waals surface area contributed by atoms with Gasteiger partial charge in [0.05, 0.1) is 29.5 Å². The number of nitrogens with zero attached hydrogens (tertiary/aromatic N) is 4. The van der Waals surface area contributed by atoms with Crippen molar-refractivity contribution >= 4 is 28.1 Å². The summed E-state index contributed by atoms with van der Waals surface area (Å²) in [5.74, 6) is 0.0850. The number of aryl methyl sites for hydroxylation is 1. The molecular weight excluding hydrogens is 485 g/mol. The minimum atomic E-state index is -4.31. The van der Waals surface area contributed by atoms with Crippen molar-refractivity contribution in [1.82, 2.24) is 19.6 Å². The Morgan fingerprint density at radius 3 is 2.70 bits per heavy atom. The van der Waals surface area contributed by atoms with Crippen LogP contribution in [0.25, 0.3) is 27.8 Å². The quantitative estimate of drug-likeness (QED) is 0.302. The number of carbonyl (C=O) groups is 1. The number of nitrogens with one attached hydrogen (secondary N) is 1. The first-order valence-corrected chi connectivity index (χ1v) is 11.3. The van der Waals surface area contributed by atoms with Crippen molar-refractivity contribution < 1.29 is 22.7 Å². The first kappa shape index (κ1) is 24.0. The molecule has 3 aromatic heterocycles. The molecule has 188 valence electrons. The van der Waals surface area contributed by atoms with Crippen LogP contribution in [0.15, 0.2) is 67.0 Å². The largest absolute Gasteiger partial charge is 0.437 e. The van der Waals surface area contributed by atoms with Crippen LogP contribution in [0.1, 0.15) is 22.3 Å². The fraction of sp³-hybridized carbons (Fsp3) is 0.154. The molecule has 1 amide bonds. The van der Waals surface area contributed by atoms with Crippen LogP contribution in [0.3, 0.4) is 0 Å². The number of aromatic nitrogens is 4. The van der Waals surface area contributed by atoms with Crippen LogP contribution in [-0.2, 0) is 0 Å². The van der Waals surface area contributed by atoms with Gasteiger partial charge in [-0.3, -0.25) is 9.78 Å². The molecular formula is C26H21F3N6O2. The van der Waals surface area contributed by atoms with Gasteiger partial charge in [-0.2, -0.15) is 13.2 Å². The second-order valence-corrected chi connectivity index (χ2v) is 8.39. The monoisotopic (exact) mass is 506 g/mol. The SMILES string of the molecule is Cc1cc(-c2cnc3c(NCCC(F)(F)F)cc(Oc4cccc5ncccc45)nn23)ccc1C(N)=O. The number of imidazole rings is 1. The Morgan fingerprint density at radius 1 is 1.11 bits per heavy atom. The van der Waals surface area contributed by atoms with Gasteiger partial charge in [0.2, 0.25) is 11.8 Å². The second-order valence-electron chi connectivity index (χ2n) is 8.39. The first-order chi connectivity index (χ1) is 17.7. The number of anilines is 1. The topological polar surface area (TPSA) is 107 Å². The molecule has 0 aliphatic rings. The molecule has 0 atom stereocenters. The summed E-state index contributed by atoms with van der Waals surface area (Å²) < 4.78 is 46.0.